The van der Waals surface area contributed by atoms with E-state index >= 15 is 0 Å². The van der Waals surface area contributed by atoms with E-state index < -0.39 is 17.8 Å². The van der Waals surface area contributed by atoms with Crippen LogP contribution < -0.4 is 5.32 Å². The fourth-order valence-corrected chi connectivity index (χ4v) is 4.61. The molecule has 0 saturated heterocycles. The van der Waals surface area contributed by atoms with Crippen molar-refractivity contribution in [1.82, 2.24) is 0 Å². The molecular weight excluding hydrogens is 290 g/mol. The SMILES string of the molecule is Cc1ccc(NC(=O)[C@@H]2[C@H]3C=C[C@@H]([C@@H]4C[C@@H]34)[C@H]2C(=O)O)cc1C. The summed E-state index contributed by atoms with van der Waals surface area (Å²) in [6.45, 7) is 4.03. The minimum atomic E-state index is -0.838. The zero-order valence-corrected chi connectivity index (χ0v) is 13.3. The van der Waals surface area contributed by atoms with E-state index in [1.807, 2.05) is 38.1 Å². The highest BCUT2D eigenvalue weighted by Crippen LogP contribution is 2.63. The number of aliphatic carboxylic acids is 1. The number of hydrogen-bond donors (Lipinski definition) is 2. The van der Waals surface area contributed by atoms with Crippen molar-refractivity contribution < 1.29 is 14.7 Å². The lowest BCUT2D eigenvalue weighted by molar-refractivity contribution is -0.152. The second-order valence-electron chi connectivity index (χ2n) is 7.28. The van der Waals surface area contributed by atoms with Crippen molar-refractivity contribution in [2.45, 2.75) is 20.3 Å². The van der Waals surface area contributed by atoms with Gasteiger partial charge in [0, 0.05) is 5.69 Å². The Kier molecular flexibility index (Phi) is 3.12. The first-order valence-electron chi connectivity index (χ1n) is 8.26. The molecule has 0 spiro atoms. The zero-order chi connectivity index (χ0) is 16.3. The molecule has 4 aliphatic rings. The van der Waals surface area contributed by atoms with Gasteiger partial charge in [-0.2, -0.15) is 0 Å². The summed E-state index contributed by atoms with van der Waals surface area (Å²) >= 11 is 0. The van der Waals surface area contributed by atoms with Gasteiger partial charge in [-0.3, -0.25) is 9.59 Å². The van der Waals surface area contributed by atoms with Crippen LogP contribution in [0, 0.1) is 49.4 Å². The summed E-state index contributed by atoms with van der Waals surface area (Å²) in [7, 11) is 0. The van der Waals surface area contributed by atoms with E-state index in [2.05, 4.69) is 11.4 Å². The number of amides is 1. The van der Waals surface area contributed by atoms with Crippen LogP contribution in [0.3, 0.4) is 0 Å². The molecule has 1 aromatic carbocycles. The highest BCUT2D eigenvalue weighted by atomic mass is 16.4. The fourth-order valence-electron chi connectivity index (χ4n) is 4.61. The Bertz CT molecular complexity index is 723. The summed E-state index contributed by atoms with van der Waals surface area (Å²) in [5, 5.41) is 12.6. The van der Waals surface area contributed by atoms with Crippen LogP contribution in [0.15, 0.2) is 30.4 Å². The van der Waals surface area contributed by atoms with Crippen LogP contribution in [0.1, 0.15) is 17.5 Å². The molecule has 1 aromatic rings. The van der Waals surface area contributed by atoms with Crippen molar-refractivity contribution in [2.24, 2.45) is 35.5 Å². The van der Waals surface area contributed by atoms with Crippen LogP contribution in [0.4, 0.5) is 5.69 Å². The Balaban J connectivity index is 1.60. The largest absolute Gasteiger partial charge is 0.481 e. The second-order valence-corrected chi connectivity index (χ2v) is 7.28. The monoisotopic (exact) mass is 311 g/mol. The zero-order valence-electron chi connectivity index (χ0n) is 13.3. The first kappa shape index (κ1) is 14.5. The molecule has 120 valence electrons. The smallest absolute Gasteiger partial charge is 0.307 e. The molecule has 23 heavy (non-hydrogen) atoms. The number of rotatable bonds is 3. The van der Waals surface area contributed by atoms with Crippen molar-refractivity contribution >= 4 is 17.6 Å². The normalized spacial score (nSPS) is 36.4. The number of anilines is 1. The number of hydrogen-bond acceptors (Lipinski definition) is 2. The van der Waals surface area contributed by atoms with Crippen LogP contribution in [-0.4, -0.2) is 17.0 Å². The number of carbonyl (C=O) groups is 2. The molecule has 4 nitrogen and oxygen atoms in total. The van der Waals surface area contributed by atoms with Gasteiger partial charge < -0.3 is 10.4 Å². The van der Waals surface area contributed by atoms with E-state index in [0.29, 0.717) is 11.8 Å². The third-order valence-corrected chi connectivity index (χ3v) is 6.01. The Morgan fingerprint density at radius 1 is 1.04 bits per heavy atom. The molecule has 2 saturated carbocycles. The molecule has 5 rings (SSSR count). The lowest BCUT2D eigenvalue weighted by Crippen LogP contribution is -2.48. The van der Waals surface area contributed by atoms with Gasteiger partial charge >= 0.3 is 5.97 Å². The summed E-state index contributed by atoms with van der Waals surface area (Å²) < 4.78 is 0. The molecule has 2 fully saturated rings. The van der Waals surface area contributed by atoms with Crippen molar-refractivity contribution in [3.05, 3.63) is 41.5 Å². The molecule has 0 aliphatic heterocycles. The van der Waals surface area contributed by atoms with Gasteiger partial charge in [-0.05, 0) is 67.2 Å². The summed E-state index contributed by atoms with van der Waals surface area (Å²) in [6, 6.07) is 5.80. The molecule has 4 heteroatoms. The number of carboxylic acids is 1. The average molecular weight is 311 g/mol. The molecule has 1 amide bonds. The lowest BCUT2D eigenvalue weighted by atomic mass is 9.62. The minimum absolute atomic E-state index is 0.0259. The highest BCUT2D eigenvalue weighted by Gasteiger charge is 2.62. The van der Waals surface area contributed by atoms with E-state index in [9.17, 15) is 14.7 Å². The molecule has 4 aliphatic carbocycles. The maximum atomic E-state index is 12.8. The van der Waals surface area contributed by atoms with E-state index in [1.54, 1.807) is 0 Å². The Hall–Kier alpha value is -2.10. The average Bonchev–Trinajstić information content (AvgIpc) is 3.32. The van der Waals surface area contributed by atoms with Crippen molar-refractivity contribution in [1.29, 1.82) is 0 Å². The van der Waals surface area contributed by atoms with Gasteiger partial charge in [-0.15, -0.1) is 0 Å². The van der Waals surface area contributed by atoms with Gasteiger partial charge in [0.2, 0.25) is 5.91 Å². The number of nitrogens with one attached hydrogen (secondary N) is 1. The minimum Gasteiger partial charge on any atom is -0.481 e. The first-order chi connectivity index (χ1) is 11.0. The quantitative estimate of drug-likeness (QED) is 0.843. The number of benzene rings is 1. The Morgan fingerprint density at radius 2 is 1.70 bits per heavy atom. The number of carbonyl (C=O) groups excluding carboxylic acids is 1. The molecule has 0 heterocycles. The topological polar surface area (TPSA) is 66.4 Å². The standard InChI is InChI=1S/C19H21NO3/c1-9-3-4-11(7-10(9)2)20-18(21)16-12-5-6-13(15-8-14(12)15)17(16)19(22)23/h3-7,12-17H,8H2,1-2H3,(H,20,21)(H,22,23)/t12-,13-,14-,15-,16+,17+/m0/s1. The van der Waals surface area contributed by atoms with Gasteiger partial charge in [0.15, 0.2) is 0 Å². The summed E-state index contributed by atoms with van der Waals surface area (Å²) in [5.74, 6) is -0.919. The molecule has 0 radical (unpaired) electrons. The van der Waals surface area contributed by atoms with E-state index in [-0.39, 0.29) is 17.7 Å². The van der Waals surface area contributed by atoms with Crippen LogP contribution >= 0.6 is 0 Å². The molecule has 6 atom stereocenters. The lowest BCUT2D eigenvalue weighted by Gasteiger charge is -2.41. The van der Waals surface area contributed by atoms with Crippen molar-refractivity contribution in [3.8, 4) is 0 Å². The maximum absolute atomic E-state index is 12.8. The molecule has 2 N–H and O–H groups in total. The van der Waals surface area contributed by atoms with E-state index in [1.165, 1.54) is 5.56 Å². The molecule has 0 unspecified atom stereocenters. The van der Waals surface area contributed by atoms with Gasteiger partial charge in [0.1, 0.15) is 0 Å². The summed E-state index contributed by atoms with van der Waals surface area (Å²) in [5.41, 5.74) is 3.04. The van der Waals surface area contributed by atoms with Crippen LogP contribution in [0.5, 0.6) is 0 Å². The Morgan fingerprint density at radius 3 is 2.30 bits per heavy atom. The van der Waals surface area contributed by atoms with Crippen molar-refractivity contribution in [3.63, 3.8) is 0 Å². The van der Waals surface area contributed by atoms with Crippen LogP contribution in [0.25, 0.3) is 0 Å². The second kappa shape index (κ2) is 4.95. The number of fused-ring (bicyclic) bond motifs is 1. The number of carboxylic acid groups (broad SMARTS) is 1. The number of allylic oxidation sites excluding steroid dienone is 2. The third kappa shape index (κ3) is 2.19. The third-order valence-electron chi connectivity index (χ3n) is 6.01. The van der Waals surface area contributed by atoms with Gasteiger partial charge in [-0.1, -0.05) is 18.2 Å². The summed E-state index contributed by atoms with van der Waals surface area (Å²) in [4.78, 5) is 24.6. The van der Waals surface area contributed by atoms with Gasteiger partial charge in [0.05, 0.1) is 11.8 Å². The number of aryl methyl sites for hydroxylation is 2. The molecule has 0 aromatic heterocycles. The van der Waals surface area contributed by atoms with Gasteiger partial charge in [-0.25, -0.2) is 0 Å². The first-order valence-corrected chi connectivity index (χ1v) is 8.26. The van der Waals surface area contributed by atoms with E-state index in [4.69, 9.17) is 0 Å². The Labute approximate surface area is 135 Å². The predicted molar refractivity (Wildman–Crippen MR) is 86.9 cm³/mol. The predicted octanol–water partition coefficient (Wildman–Crippen LogP) is 3.01. The molecule has 2 bridgehead atoms. The maximum Gasteiger partial charge on any atom is 0.307 e. The van der Waals surface area contributed by atoms with Crippen LogP contribution in [-0.2, 0) is 9.59 Å². The summed E-state index contributed by atoms with van der Waals surface area (Å²) in [6.07, 6.45) is 5.19. The van der Waals surface area contributed by atoms with Crippen molar-refractivity contribution in [2.75, 3.05) is 5.32 Å². The van der Waals surface area contributed by atoms with Gasteiger partial charge in [0.25, 0.3) is 0 Å². The van der Waals surface area contributed by atoms with Crippen LogP contribution in [0.2, 0.25) is 0 Å². The highest BCUT2D eigenvalue weighted by molar-refractivity contribution is 5.96. The fraction of sp³-hybridized carbons (Fsp3) is 0.474. The molecular formula is C19H21NO3. The van der Waals surface area contributed by atoms with E-state index in [0.717, 1.165) is 17.7 Å².